The van der Waals surface area contributed by atoms with Gasteiger partial charge >= 0.3 is 5.97 Å². The summed E-state index contributed by atoms with van der Waals surface area (Å²) in [5, 5.41) is 2.88. The molecule has 0 spiro atoms. The van der Waals surface area contributed by atoms with Gasteiger partial charge in [0.1, 0.15) is 0 Å². The monoisotopic (exact) mass is 395 g/mol. The number of hydrogen-bond acceptors (Lipinski definition) is 3. The first-order valence-corrected chi connectivity index (χ1v) is 10.7. The third-order valence-corrected chi connectivity index (χ3v) is 4.92. The van der Waals surface area contributed by atoms with E-state index in [1.54, 1.807) is 24.3 Å². The van der Waals surface area contributed by atoms with Crippen molar-refractivity contribution in [1.82, 2.24) is 0 Å². The van der Waals surface area contributed by atoms with Crippen molar-refractivity contribution < 1.29 is 14.3 Å². The molecule has 0 bridgehead atoms. The average Bonchev–Trinajstić information content (AvgIpc) is 2.73. The normalized spacial score (nSPS) is 10.8. The number of aryl methyl sites for hydroxylation is 1. The molecule has 2 rings (SSSR count). The van der Waals surface area contributed by atoms with Crippen LogP contribution < -0.4 is 5.32 Å². The highest BCUT2D eigenvalue weighted by atomic mass is 16.5. The Kier molecular flexibility index (Phi) is 9.42. The van der Waals surface area contributed by atoms with Gasteiger partial charge in [0.05, 0.1) is 12.2 Å². The van der Waals surface area contributed by atoms with Gasteiger partial charge in [0.25, 0.3) is 0 Å². The summed E-state index contributed by atoms with van der Waals surface area (Å²) in [6.45, 7) is 6.94. The average molecular weight is 396 g/mol. The summed E-state index contributed by atoms with van der Waals surface area (Å²) < 4.78 is 5.28. The Morgan fingerprint density at radius 2 is 1.62 bits per heavy atom. The third-order valence-electron chi connectivity index (χ3n) is 4.92. The fraction of sp³-hybridized carbons (Fsp3) is 0.440. The molecule has 1 amide bonds. The fourth-order valence-corrected chi connectivity index (χ4v) is 3.02. The van der Waals surface area contributed by atoms with Crippen molar-refractivity contribution in [3.8, 4) is 0 Å². The van der Waals surface area contributed by atoms with Gasteiger partial charge in [0.2, 0.25) is 5.91 Å². The fourth-order valence-electron chi connectivity index (χ4n) is 3.02. The number of ether oxygens (including phenoxy) is 1. The molecule has 0 heterocycles. The summed E-state index contributed by atoms with van der Waals surface area (Å²) in [6, 6.07) is 15.3. The molecule has 0 fully saturated rings. The number of hydrogen-bond donors (Lipinski definition) is 1. The van der Waals surface area contributed by atoms with E-state index >= 15 is 0 Å². The summed E-state index contributed by atoms with van der Waals surface area (Å²) in [5.74, 6) is 0.155. The third kappa shape index (κ3) is 8.10. The Morgan fingerprint density at radius 3 is 2.24 bits per heavy atom. The molecule has 4 nitrogen and oxygen atoms in total. The maximum absolute atomic E-state index is 12.2. The largest absolute Gasteiger partial charge is 0.462 e. The molecule has 4 heteroatoms. The highest BCUT2D eigenvalue weighted by Gasteiger charge is 2.08. The molecule has 0 aliphatic rings. The van der Waals surface area contributed by atoms with Gasteiger partial charge in [-0.15, -0.1) is 0 Å². The topological polar surface area (TPSA) is 55.4 Å². The van der Waals surface area contributed by atoms with Crippen LogP contribution in [0.4, 0.5) is 5.69 Å². The Balaban J connectivity index is 1.75. The van der Waals surface area contributed by atoms with Crippen LogP contribution in [-0.2, 0) is 16.0 Å². The summed E-state index contributed by atoms with van der Waals surface area (Å²) in [5.41, 5.74) is 3.65. The maximum Gasteiger partial charge on any atom is 0.338 e. The molecule has 29 heavy (non-hydrogen) atoms. The maximum atomic E-state index is 12.2. The van der Waals surface area contributed by atoms with Gasteiger partial charge in [-0.1, -0.05) is 64.3 Å². The van der Waals surface area contributed by atoms with Gasteiger partial charge in [0, 0.05) is 12.1 Å². The molecule has 1 N–H and O–H groups in total. The molecular formula is C25H33NO3. The minimum atomic E-state index is -0.316. The number of carbonyl (C=O) groups is 2. The predicted molar refractivity (Wildman–Crippen MR) is 118 cm³/mol. The first-order valence-electron chi connectivity index (χ1n) is 10.7. The molecule has 0 aliphatic carbocycles. The molecule has 0 radical (unpaired) electrons. The number of esters is 1. The first kappa shape index (κ1) is 22.7. The van der Waals surface area contributed by atoms with E-state index in [9.17, 15) is 9.59 Å². The number of benzene rings is 2. The molecule has 0 unspecified atom stereocenters. The summed E-state index contributed by atoms with van der Waals surface area (Å²) >= 11 is 0. The zero-order chi connectivity index (χ0) is 21.1. The van der Waals surface area contributed by atoms with Crippen LogP contribution in [0, 0.1) is 0 Å². The highest BCUT2D eigenvalue weighted by molar-refractivity contribution is 5.93. The van der Waals surface area contributed by atoms with Crippen LogP contribution in [0.3, 0.4) is 0 Å². The van der Waals surface area contributed by atoms with Crippen LogP contribution >= 0.6 is 0 Å². The quantitative estimate of drug-likeness (QED) is 0.368. The van der Waals surface area contributed by atoms with Crippen LogP contribution in [0.5, 0.6) is 0 Å². The lowest BCUT2D eigenvalue weighted by atomic mass is 10.0. The first-order chi connectivity index (χ1) is 14.0. The van der Waals surface area contributed by atoms with Gasteiger partial charge in [-0.05, 0) is 54.2 Å². The number of carbonyl (C=O) groups excluding carboxylic acids is 2. The van der Waals surface area contributed by atoms with E-state index in [4.69, 9.17) is 4.74 Å². The standard InChI is InChI=1S/C25H33NO3/c1-4-5-6-7-18-29-25(28)22-13-15-23(16-14-22)26-24(27)17-10-20-8-11-21(12-9-20)19(2)3/h8-9,11-16,19H,4-7,10,17-18H2,1-3H3,(H,26,27). The van der Waals surface area contributed by atoms with Crippen LogP contribution in [0.15, 0.2) is 48.5 Å². The Labute approximate surface area is 174 Å². The lowest BCUT2D eigenvalue weighted by molar-refractivity contribution is -0.116. The zero-order valence-corrected chi connectivity index (χ0v) is 17.9. The zero-order valence-electron chi connectivity index (χ0n) is 17.9. The van der Waals surface area contributed by atoms with Gasteiger partial charge in [0.15, 0.2) is 0 Å². The minimum Gasteiger partial charge on any atom is -0.462 e. The van der Waals surface area contributed by atoms with E-state index < -0.39 is 0 Å². The van der Waals surface area contributed by atoms with Crippen molar-refractivity contribution in [3.05, 3.63) is 65.2 Å². The Hall–Kier alpha value is -2.62. The van der Waals surface area contributed by atoms with Gasteiger partial charge in [-0.2, -0.15) is 0 Å². The molecule has 2 aromatic carbocycles. The smallest absolute Gasteiger partial charge is 0.338 e. The minimum absolute atomic E-state index is 0.0378. The second kappa shape index (κ2) is 12.1. The molecule has 0 aromatic heterocycles. The lowest BCUT2D eigenvalue weighted by Crippen LogP contribution is -2.12. The van der Waals surface area contributed by atoms with Crippen LogP contribution in [0.25, 0.3) is 0 Å². The van der Waals surface area contributed by atoms with E-state index in [2.05, 4.69) is 50.4 Å². The van der Waals surface area contributed by atoms with Gasteiger partial charge in [-0.25, -0.2) is 4.79 Å². The SMILES string of the molecule is CCCCCCOC(=O)c1ccc(NC(=O)CCc2ccc(C(C)C)cc2)cc1. The second-order valence-electron chi connectivity index (χ2n) is 7.72. The number of unbranched alkanes of at least 4 members (excludes halogenated alkanes) is 3. The van der Waals surface area contributed by atoms with Crippen LogP contribution in [0.2, 0.25) is 0 Å². The van der Waals surface area contributed by atoms with Crippen molar-refractivity contribution in [2.24, 2.45) is 0 Å². The van der Waals surface area contributed by atoms with E-state index in [1.165, 1.54) is 5.56 Å². The molecule has 0 atom stereocenters. The number of amides is 1. The van der Waals surface area contributed by atoms with E-state index in [1.807, 2.05) is 0 Å². The van der Waals surface area contributed by atoms with Crippen molar-refractivity contribution in [1.29, 1.82) is 0 Å². The van der Waals surface area contributed by atoms with Gasteiger partial charge in [-0.3, -0.25) is 4.79 Å². The van der Waals surface area contributed by atoms with Crippen molar-refractivity contribution in [3.63, 3.8) is 0 Å². The van der Waals surface area contributed by atoms with Crippen LogP contribution in [0.1, 0.15) is 80.3 Å². The number of rotatable bonds is 11. The molecule has 0 aliphatic heterocycles. The highest BCUT2D eigenvalue weighted by Crippen LogP contribution is 2.16. The lowest BCUT2D eigenvalue weighted by Gasteiger charge is -2.08. The molecule has 2 aromatic rings. The Bertz CT molecular complexity index is 764. The van der Waals surface area contributed by atoms with E-state index in [-0.39, 0.29) is 11.9 Å². The Morgan fingerprint density at radius 1 is 0.931 bits per heavy atom. The summed E-state index contributed by atoms with van der Waals surface area (Å²) in [7, 11) is 0. The van der Waals surface area contributed by atoms with Crippen molar-refractivity contribution in [2.45, 2.75) is 65.2 Å². The van der Waals surface area contributed by atoms with Crippen molar-refractivity contribution >= 4 is 17.6 Å². The second-order valence-corrected chi connectivity index (χ2v) is 7.72. The predicted octanol–water partition coefficient (Wildman–Crippen LogP) is 6.12. The van der Waals surface area contributed by atoms with Crippen LogP contribution in [-0.4, -0.2) is 18.5 Å². The summed E-state index contributed by atoms with van der Waals surface area (Å²) in [4.78, 5) is 24.2. The molecule has 0 saturated carbocycles. The molecule has 0 saturated heterocycles. The molecule has 156 valence electrons. The number of nitrogens with one attached hydrogen (secondary N) is 1. The van der Waals surface area contributed by atoms with Crippen molar-refractivity contribution in [2.75, 3.05) is 11.9 Å². The van der Waals surface area contributed by atoms with Gasteiger partial charge < -0.3 is 10.1 Å². The molecular weight excluding hydrogens is 362 g/mol. The number of anilines is 1. The van der Waals surface area contributed by atoms with E-state index in [0.29, 0.717) is 36.6 Å². The van der Waals surface area contributed by atoms with E-state index in [0.717, 1.165) is 31.2 Å². The summed E-state index contributed by atoms with van der Waals surface area (Å²) in [6.07, 6.45) is 5.42.